The molecule has 0 radical (unpaired) electrons. The summed E-state index contributed by atoms with van der Waals surface area (Å²) >= 11 is 0. The Morgan fingerprint density at radius 1 is 1.03 bits per heavy atom. The van der Waals surface area contributed by atoms with E-state index >= 15 is 0 Å². The quantitative estimate of drug-likeness (QED) is 0.746. The highest BCUT2D eigenvalue weighted by Crippen LogP contribution is 2.29. The summed E-state index contributed by atoms with van der Waals surface area (Å²) in [7, 11) is -3.01. The van der Waals surface area contributed by atoms with Gasteiger partial charge in [-0.25, -0.2) is 8.42 Å². The van der Waals surface area contributed by atoms with Gasteiger partial charge in [-0.15, -0.1) is 0 Å². The molecule has 2 atom stereocenters. The first-order chi connectivity index (χ1) is 14.4. The van der Waals surface area contributed by atoms with E-state index < -0.39 is 9.84 Å². The number of rotatable bonds is 6. The van der Waals surface area contributed by atoms with Crippen LogP contribution in [0.4, 0.5) is 0 Å². The molecule has 30 heavy (non-hydrogen) atoms. The number of nitrogens with one attached hydrogen (secondary N) is 1. The Hall–Kier alpha value is -1.40. The summed E-state index contributed by atoms with van der Waals surface area (Å²) in [6, 6.07) is 6.90. The lowest BCUT2D eigenvalue weighted by Gasteiger charge is -2.38. The van der Waals surface area contributed by atoms with Crippen molar-refractivity contribution in [3.63, 3.8) is 0 Å². The van der Waals surface area contributed by atoms with E-state index in [0.29, 0.717) is 6.42 Å². The topological polar surface area (TPSA) is 66.5 Å². The summed E-state index contributed by atoms with van der Waals surface area (Å²) in [6.45, 7) is 2.38. The van der Waals surface area contributed by atoms with Crippen molar-refractivity contribution in [2.75, 3.05) is 18.1 Å². The molecule has 0 unspecified atom stereocenters. The molecule has 6 heteroatoms. The van der Waals surface area contributed by atoms with Crippen molar-refractivity contribution < 1.29 is 13.2 Å². The number of carbonyl (C=O) groups is 1. The zero-order valence-electron chi connectivity index (χ0n) is 18.2. The Kier molecular flexibility index (Phi) is 6.83. The number of amides is 1. The third-order valence-electron chi connectivity index (χ3n) is 7.29. The number of hydrogen-bond donors (Lipinski definition) is 1. The second-order valence-electron chi connectivity index (χ2n) is 9.49. The minimum absolute atomic E-state index is 0.0637. The predicted molar refractivity (Wildman–Crippen MR) is 120 cm³/mol. The molecule has 1 aliphatic heterocycles. The first-order valence-electron chi connectivity index (χ1n) is 11.8. The Morgan fingerprint density at radius 2 is 1.77 bits per heavy atom. The van der Waals surface area contributed by atoms with Gasteiger partial charge in [0, 0.05) is 18.1 Å². The standard InChI is InChI=1S/C24H36N2O3S/c1-18(20-12-11-19-7-5-6-8-21(19)15-20)25-16-24(27)26(22-9-3-2-4-10-22)23-13-14-30(28,29)17-23/h11-12,15,18,22-23,25H,2-10,13-14,16-17H2,1H3/t18-,23+/m1/s1. The van der Waals surface area contributed by atoms with Crippen LogP contribution in [0.1, 0.15) is 81.0 Å². The number of hydrogen-bond acceptors (Lipinski definition) is 4. The molecular weight excluding hydrogens is 396 g/mol. The van der Waals surface area contributed by atoms with E-state index in [-0.39, 0.29) is 42.1 Å². The number of benzene rings is 1. The van der Waals surface area contributed by atoms with Crippen LogP contribution >= 0.6 is 0 Å². The van der Waals surface area contributed by atoms with Crippen molar-refractivity contribution in [2.45, 2.75) is 89.3 Å². The summed E-state index contributed by atoms with van der Waals surface area (Å²) in [5.74, 6) is 0.414. The molecule has 0 spiro atoms. The van der Waals surface area contributed by atoms with Crippen molar-refractivity contribution in [3.05, 3.63) is 34.9 Å². The van der Waals surface area contributed by atoms with E-state index in [9.17, 15) is 13.2 Å². The highest BCUT2D eigenvalue weighted by molar-refractivity contribution is 7.91. The second kappa shape index (κ2) is 9.39. The van der Waals surface area contributed by atoms with E-state index in [1.807, 2.05) is 4.90 Å². The predicted octanol–water partition coefficient (Wildman–Crippen LogP) is 3.56. The van der Waals surface area contributed by atoms with Gasteiger partial charge in [-0.2, -0.15) is 0 Å². The Labute approximate surface area is 181 Å². The van der Waals surface area contributed by atoms with Crippen LogP contribution in [-0.4, -0.2) is 49.4 Å². The van der Waals surface area contributed by atoms with Gasteiger partial charge >= 0.3 is 0 Å². The fourth-order valence-corrected chi connectivity index (χ4v) is 7.24. The van der Waals surface area contributed by atoms with Crippen molar-refractivity contribution >= 4 is 15.7 Å². The summed E-state index contributed by atoms with van der Waals surface area (Å²) in [6.07, 6.45) is 10.9. The molecule has 1 heterocycles. The zero-order valence-corrected chi connectivity index (χ0v) is 19.1. The van der Waals surface area contributed by atoms with Crippen molar-refractivity contribution in [1.82, 2.24) is 10.2 Å². The number of fused-ring (bicyclic) bond motifs is 1. The Bertz CT molecular complexity index is 861. The lowest BCUT2D eigenvalue weighted by atomic mass is 9.89. The normalized spacial score (nSPS) is 24.9. The molecule has 1 amide bonds. The van der Waals surface area contributed by atoms with Crippen LogP contribution < -0.4 is 5.32 Å². The minimum Gasteiger partial charge on any atom is -0.335 e. The molecule has 5 nitrogen and oxygen atoms in total. The van der Waals surface area contributed by atoms with Crippen LogP contribution in [0.5, 0.6) is 0 Å². The van der Waals surface area contributed by atoms with Gasteiger partial charge in [0.1, 0.15) is 0 Å². The molecule has 1 aromatic carbocycles. The summed E-state index contributed by atoms with van der Waals surface area (Å²) < 4.78 is 24.1. The van der Waals surface area contributed by atoms with Crippen LogP contribution in [0.15, 0.2) is 18.2 Å². The van der Waals surface area contributed by atoms with E-state index in [1.165, 1.54) is 42.4 Å². The van der Waals surface area contributed by atoms with Gasteiger partial charge < -0.3 is 10.2 Å². The van der Waals surface area contributed by atoms with E-state index in [1.54, 1.807) is 0 Å². The lowest BCUT2D eigenvalue weighted by molar-refractivity contribution is -0.135. The molecule has 0 bridgehead atoms. The molecule has 4 rings (SSSR count). The molecule has 3 aliphatic rings. The van der Waals surface area contributed by atoms with Crippen LogP contribution in [0.2, 0.25) is 0 Å². The molecular formula is C24H36N2O3S. The van der Waals surface area contributed by atoms with Gasteiger partial charge in [-0.05, 0) is 68.6 Å². The molecule has 1 saturated heterocycles. The highest BCUT2D eigenvalue weighted by atomic mass is 32.2. The van der Waals surface area contributed by atoms with Gasteiger partial charge in [0.25, 0.3) is 0 Å². The number of carbonyl (C=O) groups excluding carboxylic acids is 1. The van der Waals surface area contributed by atoms with Gasteiger partial charge in [0.2, 0.25) is 5.91 Å². The van der Waals surface area contributed by atoms with Crippen molar-refractivity contribution in [1.29, 1.82) is 0 Å². The van der Waals surface area contributed by atoms with Crippen LogP contribution in [0, 0.1) is 0 Å². The van der Waals surface area contributed by atoms with Crippen LogP contribution in [0.3, 0.4) is 0 Å². The molecule has 0 aromatic heterocycles. The molecule has 2 aliphatic carbocycles. The summed E-state index contributed by atoms with van der Waals surface area (Å²) in [5.41, 5.74) is 4.16. The Morgan fingerprint density at radius 3 is 2.47 bits per heavy atom. The fourth-order valence-electron chi connectivity index (χ4n) is 5.53. The smallest absolute Gasteiger partial charge is 0.237 e. The van der Waals surface area contributed by atoms with Gasteiger partial charge in [-0.1, -0.05) is 37.5 Å². The third-order valence-corrected chi connectivity index (χ3v) is 9.04. The molecule has 1 N–H and O–H groups in total. The van der Waals surface area contributed by atoms with Gasteiger partial charge in [0.05, 0.1) is 18.1 Å². The largest absolute Gasteiger partial charge is 0.335 e. The molecule has 1 aromatic rings. The molecule has 1 saturated carbocycles. The van der Waals surface area contributed by atoms with Crippen LogP contribution in [0.25, 0.3) is 0 Å². The van der Waals surface area contributed by atoms with Crippen molar-refractivity contribution in [2.24, 2.45) is 0 Å². The van der Waals surface area contributed by atoms with Crippen molar-refractivity contribution in [3.8, 4) is 0 Å². The monoisotopic (exact) mass is 432 g/mol. The molecule has 2 fully saturated rings. The average molecular weight is 433 g/mol. The minimum atomic E-state index is -3.01. The zero-order chi connectivity index (χ0) is 21.1. The highest BCUT2D eigenvalue weighted by Gasteiger charge is 2.38. The van der Waals surface area contributed by atoms with Gasteiger partial charge in [0.15, 0.2) is 9.84 Å². The fraction of sp³-hybridized carbons (Fsp3) is 0.708. The molecule has 166 valence electrons. The first-order valence-corrected chi connectivity index (χ1v) is 13.6. The summed E-state index contributed by atoms with van der Waals surface area (Å²) in [5, 5.41) is 3.43. The average Bonchev–Trinajstić information content (AvgIpc) is 3.11. The number of nitrogens with zero attached hydrogens (tertiary/aromatic N) is 1. The first kappa shape index (κ1) is 21.8. The maximum Gasteiger partial charge on any atom is 0.237 e. The third kappa shape index (κ3) is 5.08. The maximum absolute atomic E-state index is 13.3. The summed E-state index contributed by atoms with van der Waals surface area (Å²) in [4.78, 5) is 15.2. The van der Waals surface area contributed by atoms with E-state index in [0.717, 1.165) is 32.1 Å². The van der Waals surface area contributed by atoms with E-state index in [4.69, 9.17) is 0 Å². The second-order valence-corrected chi connectivity index (χ2v) is 11.7. The number of aryl methyl sites for hydroxylation is 2. The van der Waals surface area contributed by atoms with Gasteiger partial charge in [-0.3, -0.25) is 4.79 Å². The lowest BCUT2D eigenvalue weighted by Crippen LogP contribution is -2.51. The maximum atomic E-state index is 13.3. The van der Waals surface area contributed by atoms with E-state index in [2.05, 4.69) is 30.4 Å². The Balaban J connectivity index is 1.41. The van der Waals surface area contributed by atoms with Crippen LogP contribution in [-0.2, 0) is 27.5 Å². The SMILES string of the molecule is C[C@@H](NCC(=O)N(C1CCCCC1)[C@H]1CCS(=O)(=O)C1)c1ccc2c(c1)CCCC2. The number of sulfone groups is 1.